The Morgan fingerprint density at radius 2 is 2.00 bits per heavy atom. The average Bonchev–Trinajstić information content (AvgIpc) is 3.18. The molecular weight excluding hydrogens is 266 g/mol. The van der Waals surface area contributed by atoms with E-state index in [0.29, 0.717) is 6.04 Å². The van der Waals surface area contributed by atoms with E-state index in [1.54, 1.807) is 11.3 Å². The van der Waals surface area contributed by atoms with Crippen LogP contribution in [0.3, 0.4) is 0 Å². The molecule has 1 N–H and O–H groups in total. The van der Waals surface area contributed by atoms with E-state index < -0.39 is 0 Å². The fraction of sp³-hybridized carbons (Fsp3) is 0.438. The third-order valence-electron chi connectivity index (χ3n) is 4.03. The van der Waals surface area contributed by atoms with Crippen molar-refractivity contribution in [3.05, 3.63) is 40.7 Å². The van der Waals surface area contributed by atoms with Crippen LogP contribution in [0.15, 0.2) is 35.2 Å². The first-order chi connectivity index (χ1) is 9.86. The van der Waals surface area contributed by atoms with Crippen molar-refractivity contribution < 1.29 is 0 Å². The van der Waals surface area contributed by atoms with Crippen molar-refractivity contribution >= 4 is 11.3 Å². The van der Waals surface area contributed by atoms with Gasteiger partial charge in [-0.2, -0.15) is 0 Å². The predicted molar refractivity (Wildman–Crippen MR) is 85.0 cm³/mol. The Morgan fingerprint density at radius 1 is 1.25 bits per heavy atom. The number of nitrogens with one attached hydrogen (secondary N) is 1. The first kappa shape index (κ1) is 13.7. The van der Waals surface area contributed by atoms with Gasteiger partial charge in [-0.15, -0.1) is 11.3 Å². The highest BCUT2D eigenvalue weighted by Gasteiger charge is 2.17. The number of likely N-dealkylation sites (tertiary alicyclic amines) is 1. The number of aromatic nitrogens is 1. The largest absolute Gasteiger partial charge is 0.312 e. The molecule has 1 fully saturated rings. The van der Waals surface area contributed by atoms with Gasteiger partial charge in [-0.3, -0.25) is 0 Å². The lowest BCUT2D eigenvalue weighted by Gasteiger charge is -2.23. The van der Waals surface area contributed by atoms with Gasteiger partial charge >= 0.3 is 0 Å². The van der Waals surface area contributed by atoms with E-state index in [1.165, 1.54) is 37.1 Å². The maximum Gasteiger partial charge on any atom is 0.0811 e. The number of thiazole rings is 1. The number of hydrogen-bond donors (Lipinski definition) is 1. The maximum atomic E-state index is 4.36. The zero-order valence-corrected chi connectivity index (χ0v) is 12.7. The van der Waals surface area contributed by atoms with E-state index in [-0.39, 0.29) is 0 Å². The molecule has 2 heterocycles. The molecule has 106 valence electrons. The summed E-state index contributed by atoms with van der Waals surface area (Å²) in [6.45, 7) is 3.59. The van der Waals surface area contributed by atoms with Crippen molar-refractivity contribution in [3.63, 3.8) is 0 Å². The predicted octanol–water partition coefficient (Wildman–Crippen LogP) is 3.17. The topological polar surface area (TPSA) is 28.2 Å². The van der Waals surface area contributed by atoms with Crippen molar-refractivity contribution in [2.45, 2.75) is 18.9 Å². The second-order valence-electron chi connectivity index (χ2n) is 5.34. The van der Waals surface area contributed by atoms with Gasteiger partial charge in [-0.1, -0.05) is 24.3 Å². The molecule has 2 aromatic rings. The monoisotopic (exact) mass is 287 g/mol. The Labute approximate surface area is 124 Å². The van der Waals surface area contributed by atoms with Crippen LogP contribution in [0.2, 0.25) is 0 Å². The molecule has 0 bridgehead atoms. The Hall–Kier alpha value is -1.23. The minimum atomic E-state index is 0.414. The number of likely N-dealkylation sites (N-methyl/N-ethyl adjacent to an activating group) is 1. The molecule has 0 amide bonds. The van der Waals surface area contributed by atoms with Crippen LogP contribution in [-0.4, -0.2) is 36.6 Å². The summed E-state index contributed by atoms with van der Waals surface area (Å²) in [6.07, 6.45) is 2.69. The summed E-state index contributed by atoms with van der Waals surface area (Å²) in [5, 5.41) is 5.54. The lowest BCUT2D eigenvalue weighted by molar-refractivity contribution is 0.299. The lowest BCUT2D eigenvalue weighted by atomic mass is 10.0. The quantitative estimate of drug-likeness (QED) is 0.915. The fourth-order valence-electron chi connectivity index (χ4n) is 2.83. The summed E-state index contributed by atoms with van der Waals surface area (Å²) in [4.78, 5) is 6.91. The lowest BCUT2D eigenvalue weighted by Crippen LogP contribution is -2.31. The van der Waals surface area contributed by atoms with Crippen LogP contribution in [0.4, 0.5) is 0 Å². The average molecular weight is 287 g/mol. The highest BCUT2D eigenvalue weighted by molar-refractivity contribution is 7.07. The number of rotatable bonds is 5. The normalized spacial score (nSPS) is 17.4. The zero-order chi connectivity index (χ0) is 13.8. The third kappa shape index (κ3) is 3.08. The molecule has 0 saturated carbocycles. The first-order valence-electron chi connectivity index (χ1n) is 7.25. The molecule has 1 aromatic heterocycles. The van der Waals surface area contributed by atoms with Crippen LogP contribution in [0, 0.1) is 0 Å². The van der Waals surface area contributed by atoms with Gasteiger partial charge in [0.15, 0.2) is 0 Å². The highest BCUT2D eigenvalue weighted by atomic mass is 32.1. The SMILES string of the molecule is CNC(CN1CCCC1)c1ccc(-c2cscn2)cc1. The van der Waals surface area contributed by atoms with Crippen LogP contribution < -0.4 is 5.32 Å². The van der Waals surface area contributed by atoms with Crippen molar-refractivity contribution in [1.82, 2.24) is 15.2 Å². The Morgan fingerprint density at radius 3 is 2.60 bits per heavy atom. The Bertz CT molecular complexity index is 515. The standard InChI is InChI=1S/C16H21N3S/c1-17-15(10-19-8-2-3-9-19)13-4-6-14(7-5-13)16-11-20-12-18-16/h4-7,11-12,15,17H,2-3,8-10H2,1H3. The van der Waals surface area contributed by atoms with E-state index in [4.69, 9.17) is 0 Å². The second kappa shape index (κ2) is 6.48. The second-order valence-corrected chi connectivity index (χ2v) is 6.06. The zero-order valence-electron chi connectivity index (χ0n) is 11.9. The van der Waals surface area contributed by atoms with Gasteiger partial charge in [-0.05, 0) is 38.5 Å². The van der Waals surface area contributed by atoms with Crippen LogP contribution in [0.1, 0.15) is 24.4 Å². The summed E-state index contributed by atoms with van der Waals surface area (Å²) in [5.74, 6) is 0. The van der Waals surface area contributed by atoms with Crippen molar-refractivity contribution in [2.24, 2.45) is 0 Å². The smallest absolute Gasteiger partial charge is 0.0811 e. The minimum Gasteiger partial charge on any atom is -0.312 e. The van der Waals surface area contributed by atoms with Gasteiger partial charge in [0, 0.05) is 23.5 Å². The summed E-state index contributed by atoms with van der Waals surface area (Å²) in [6, 6.07) is 9.23. The Kier molecular flexibility index (Phi) is 4.45. The Balaban J connectivity index is 1.71. The molecule has 3 rings (SSSR count). The van der Waals surface area contributed by atoms with Gasteiger partial charge < -0.3 is 10.2 Å². The van der Waals surface area contributed by atoms with Crippen LogP contribution in [0.25, 0.3) is 11.3 Å². The molecule has 1 aromatic carbocycles. The van der Waals surface area contributed by atoms with Gasteiger partial charge in [0.2, 0.25) is 0 Å². The van der Waals surface area contributed by atoms with Gasteiger partial charge in [0.05, 0.1) is 11.2 Å². The van der Waals surface area contributed by atoms with Crippen LogP contribution in [-0.2, 0) is 0 Å². The van der Waals surface area contributed by atoms with E-state index in [2.05, 4.69) is 51.9 Å². The van der Waals surface area contributed by atoms with Crippen molar-refractivity contribution in [3.8, 4) is 11.3 Å². The molecular formula is C16H21N3S. The fourth-order valence-corrected chi connectivity index (χ4v) is 3.39. The highest BCUT2D eigenvalue weighted by Crippen LogP contribution is 2.23. The third-order valence-corrected chi connectivity index (χ3v) is 4.62. The minimum absolute atomic E-state index is 0.414. The molecule has 1 atom stereocenters. The molecule has 0 radical (unpaired) electrons. The van der Waals surface area contributed by atoms with E-state index in [1.807, 2.05) is 5.51 Å². The summed E-state index contributed by atoms with van der Waals surface area (Å²) in [7, 11) is 2.05. The van der Waals surface area contributed by atoms with E-state index in [9.17, 15) is 0 Å². The molecule has 4 heteroatoms. The molecule has 1 aliphatic heterocycles. The number of benzene rings is 1. The summed E-state index contributed by atoms with van der Waals surface area (Å²) < 4.78 is 0. The first-order valence-corrected chi connectivity index (χ1v) is 8.19. The van der Waals surface area contributed by atoms with Crippen LogP contribution >= 0.6 is 11.3 Å². The molecule has 0 aliphatic carbocycles. The molecule has 3 nitrogen and oxygen atoms in total. The van der Waals surface area contributed by atoms with Gasteiger partial charge in [-0.25, -0.2) is 4.98 Å². The molecule has 1 aliphatic rings. The summed E-state index contributed by atoms with van der Waals surface area (Å²) >= 11 is 1.64. The molecule has 1 saturated heterocycles. The van der Waals surface area contributed by atoms with Crippen molar-refractivity contribution in [1.29, 1.82) is 0 Å². The maximum absolute atomic E-state index is 4.36. The van der Waals surface area contributed by atoms with Gasteiger partial charge in [0.25, 0.3) is 0 Å². The van der Waals surface area contributed by atoms with Gasteiger partial charge in [0.1, 0.15) is 0 Å². The number of nitrogens with zero attached hydrogens (tertiary/aromatic N) is 2. The van der Waals surface area contributed by atoms with E-state index in [0.717, 1.165) is 12.2 Å². The molecule has 0 spiro atoms. The number of hydrogen-bond acceptors (Lipinski definition) is 4. The summed E-state index contributed by atoms with van der Waals surface area (Å²) in [5.41, 5.74) is 5.51. The molecule has 1 unspecified atom stereocenters. The molecule has 20 heavy (non-hydrogen) atoms. The van der Waals surface area contributed by atoms with Crippen molar-refractivity contribution in [2.75, 3.05) is 26.7 Å². The van der Waals surface area contributed by atoms with Crippen LogP contribution in [0.5, 0.6) is 0 Å². The van der Waals surface area contributed by atoms with E-state index >= 15 is 0 Å².